The van der Waals surface area contributed by atoms with E-state index in [1.807, 2.05) is 30.0 Å². The number of nitriles is 1. The van der Waals surface area contributed by atoms with E-state index in [1.54, 1.807) is 12.3 Å². The van der Waals surface area contributed by atoms with Gasteiger partial charge in [0.1, 0.15) is 18.2 Å². The zero-order chi connectivity index (χ0) is 22.7. The minimum atomic E-state index is -0.0179. The number of hydrogen-bond acceptors (Lipinski definition) is 6. The first-order valence-corrected chi connectivity index (χ1v) is 11.1. The van der Waals surface area contributed by atoms with Gasteiger partial charge in [0.25, 0.3) is 0 Å². The van der Waals surface area contributed by atoms with Crippen molar-refractivity contribution in [2.24, 2.45) is 0 Å². The van der Waals surface area contributed by atoms with Crippen molar-refractivity contribution < 1.29 is 9.59 Å². The third-order valence-electron chi connectivity index (χ3n) is 6.14. The molecule has 1 aliphatic carbocycles. The molecular weight excluding hydrogens is 402 g/mol. The van der Waals surface area contributed by atoms with Crippen LogP contribution >= 0.6 is 0 Å². The maximum absolute atomic E-state index is 12.4. The van der Waals surface area contributed by atoms with Crippen molar-refractivity contribution in [2.75, 3.05) is 24.5 Å². The number of anilines is 1. The van der Waals surface area contributed by atoms with Gasteiger partial charge in [-0.15, -0.1) is 0 Å². The van der Waals surface area contributed by atoms with E-state index in [1.165, 1.54) is 0 Å². The molecule has 1 unspecified atom stereocenters. The zero-order valence-electron chi connectivity index (χ0n) is 18.3. The molecule has 0 bridgehead atoms. The van der Waals surface area contributed by atoms with Gasteiger partial charge < -0.3 is 14.6 Å². The molecule has 2 aromatic rings. The smallest absolute Gasteiger partial charge is 0.223 e. The Balaban J connectivity index is 1.65. The van der Waals surface area contributed by atoms with Gasteiger partial charge in [0, 0.05) is 56.2 Å². The van der Waals surface area contributed by atoms with Crippen molar-refractivity contribution in [3.8, 4) is 17.2 Å². The maximum Gasteiger partial charge on any atom is 0.223 e. The van der Waals surface area contributed by atoms with E-state index >= 15 is 0 Å². The van der Waals surface area contributed by atoms with Crippen LogP contribution in [0.2, 0.25) is 0 Å². The summed E-state index contributed by atoms with van der Waals surface area (Å²) in [6, 6.07) is 8.19. The molecule has 1 aliphatic heterocycles. The number of pyridine rings is 2. The summed E-state index contributed by atoms with van der Waals surface area (Å²) >= 11 is 0. The maximum atomic E-state index is 12.4. The first kappa shape index (κ1) is 21.7. The lowest BCUT2D eigenvalue weighted by molar-refractivity contribution is -0.134. The van der Waals surface area contributed by atoms with Crippen molar-refractivity contribution in [1.82, 2.24) is 14.9 Å². The van der Waals surface area contributed by atoms with Crippen LogP contribution in [0, 0.1) is 11.3 Å². The van der Waals surface area contributed by atoms with Crippen LogP contribution in [0.15, 0.2) is 31.0 Å². The van der Waals surface area contributed by atoms with Crippen LogP contribution in [-0.4, -0.2) is 52.7 Å². The summed E-state index contributed by atoms with van der Waals surface area (Å²) in [4.78, 5) is 36.3. The quantitative estimate of drug-likeness (QED) is 0.625. The highest BCUT2D eigenvalue weighted by atomic mass is 16.2. The van der Waals surface area contributed by atoms with Crippen molar-refractivity contribution in [1.29, 1.82) is 5.26 Å². The van der Waals surface area contributed by atoms with E-state index < -0.39 is 0 Å². The highest BCUT2D eigenvalue weighted by Crippen LogP contribution is 2.45. The van der Waals surface area contributed by atoms with E-state index in [9.17, 15) is 14.9 Å². The van der Waals surface area contributed by atoms with Crippen LogP contribution in [0.4, 0.5) is 5.82 Å². The summed E-state index contributed by atoms with van der Waals surface area (Å²) in [6.07, 6.45) is 6.94. The third-order valence-corrected chi connectivity index (χ3v) is 6.14. The summed E-state index contributed by atoms with van der Waals surface area (Å²) in [5, 5.41) is 9.93. The van der Waals surface area contributed by atoms with Crippen LogP contribution in [0.3, 0.4) is 0 Å². The summed E-state index contributed by atoms with van der Waals surface area (Å²) < 4.78 is 0. The normalized spacial score (nSPS) is 18.2. The van der Waals surface area contributed by atoms with Crippen LogP contribution in [0.1, 0.15) is 55.5 Å². The average molecular weight is 430 g/mol. The number of piperazine rings is 1. The molecule has 0 N–H and O–H groups in total. The number of carbonyl (C=O) groups is 2. The van der Waals surface area contributed by atoms with Gasteiger partial charge in [-0.25, -0.2) is 4.98 Å². The fraction of sp³-hybridized carbons (Fsp3) is 0.400. The van der Waals surface area contributed by atoms with E-state index in [2.05, 4.69) is 22.5 Å². The fourth-order valence-electron chi connectivity index (χ4n) is 4.31. The Hall–Kier alpha value is -3.53. The Morgan fingerprint density at radius 1 is 1.34 bits per heavy atom. The Morgan fingerprint density at radius 2 is 2.16 bits per heavy atom. The molecule has 0 aromatic carbocycles. The molecule has 0 spiro atoms. The standard InChI is InChI=1S/C25H27N5O2/c1-3-21-13-19(8-9-27-21)22-14-20(15-26)25(28-24(22)18-6-7-18)29-10-11-30(17(2)16-29)23(32)5-4-12-31/h3,8-9,12-14,17-18H,1,4-7,10-11,16H2,2H3. The van der Waals surface area contributed by atoms with Crippen LogP contribution in [0.5, 0.6) is 0 Å². The average Bonchev–Trinajstić information content (AvgIpc) is 3.67. The third kappa shape index (κ3) is 4.40. The molecule has 2 fully saturated rings. The number of carbonyl (C=O) groups excluding carboxylic acids is 2. The molecule has 164 valence electrons. The topological polar surface area (TPSA) is 90.2 Å². The predicted molar refractivity (Wildman–Crippen MR) is 123 cm³/mol. The fourth-order valence-corrected chi connectivity index (χ4v) is 4.31. The van der Waals surface area contributed by atoms with Crippen molar-refractivity contribution >= 4 is 24.1 Å². The van der Waals surface area contributed by atoms with Crippen LogP contribution in [-0.2, 0) is 9.59 Å². The Labute approximate surface area is 188 Å². The van der Waals surface area contributed by atoms with E-state index in [0.717, 1.165) is 41.6 Å². The summed E-state index contributed by atoms with van der Waals surface area (Å²) in [5.41, 5.74) is 4.32. The van der Waals surface area contributed by atoms with Crippen molar-refractivity contribution in [3.63, 3.8) is 0 Å². The highest BCUT2D eigenvalue weighted by molar-refractivity contribution is 5.79. The van der Waals surface area contributed by atoms with Gasteiger partial charge in [-0.1, -0.05) is 6.58 Å². The molecule has 4 rings (SSSR count). The van der Waals surface area contributed by atoms with Crippen LogP contribution in [0.25, 0.3) is 17.2 Å². The lowest BCUT2D eigenvalue weighted by Crippen LogP contribution is -2.54. The van der Waals surface area contributed by atoms with Crippen molar-refractivity contribution in [3.05, 3.63) is 47.9 Å². The molecule has 1 saturated carbocycles. The second-order valence-electron chi connectivity index (χ2n) is 8.44. The monoisotopic (exact) mass is 429 g/mol. The van der Waals surface area contributed by atoms with Gasteiger partial charge in [0.05, 0.1) is 17.0 Å². The molecule has 2 aliphatic rings. The van der Waals surface area contributed by atoms with E-state index in [0.29, 0.717) is 36.9 Å². The summed E-state index contributed by atoms with van der Waals surface area (Å²) in [7, 11) is 0. The second-order valence-corrected chi connectivity index (χ2v) is 8.44. The minimum absolute atomic E-state index is 0.00226. The lowest BCUT2D eigenvalue weighted by atomic mass is 9.99. The first-order valence-electron chi connectivity index (χ1n) is 11.1. The van der Waals surface area contributed by atoms with Gasteiger partial charge in [-0.05, 0) is 49.6 Å². The molecule has 32 heavy (non-hydrogen) atoms. The van der Waals surface area contributed by atoms with Gasteiger partial charge in [-0.2, -0.15) is 5.26 Å². The number of nitrogens with zero attached hydrogens (tertiary/aromatic N) is 5. The lowest BCUT2D eigenvalue weighted by Gasteiger charge is -2.41. The number of rotatable bonds is 7. The van der Waals surface area contributed by atoms with Crippen molar-refractivity contribution in [2.45, 2.75) is 44.6 Å². The first-order chi connectivity index (χ1) is 15.5. The molecule has 7 heteroatoms. The highest BCUT2D eigenvalue weighted by Gasteiger charge is 2.33. The zero-order valence-corrected chi connectivity index (χ0v) is 18.3. The molecule has 1 saturated heterocycles. The summed E-state index contributed by atoms with van der Waals surface area (Å²) in [6.45, 7) is 7.57. The molecule has 1 amide bonds. The SMILES string of the molecule is C=Cc1cc(-c2cc(C#N)c(N3CCN(C(=O)CCC=O)C(C)C3)nc2C2CC2)ccn1. The number of amides is 1. The molecule has 0 radical (unpaired) electrons. The van der Waals surface area contributed by atoms with Crippen LogP contribution < -0.4 is 4.90 Å². The molecule has 3 heterocycles. The number of aldehydes is 1. The Morgan fingerprint density at radius 3 is 2.81 bits per heavy atom. The van der Waals surface area contributed by atoms with E-state index in [4.69, 9.17) is 4.98 Å². The molecule has 2 aromatic heterocycles. The van der Waals surface area contributed by atoms with E-state index in [-0.39, 0.29) is 24.8 Å². The minimum Gasteiger partial charge on any atom is -0.352 e. The van der Waals surface area contributed by atoms with Gasteiger partial charge >= 0.3 is 0 Å². The van der Waals surface area contributed by atoms with Gasteiger partial charge in [0.15, 0.2) is 0 Å². The molecule has 7 nitrogen and oxygen atoms in total. The van der Waals surface area contributed by atoms with Gasteiger partial charge in [0.2, 0.25) is 5.91 Å². The molecular formula is C25H27N5O2. The molecule has 1 atom stereocenters. The second kappa shape index (κ2) is 9.31. The van der Waals surface area contributed by atoms with Gasteiger partial charge in [-0.3, -0.25) is 9.78 Å². The largest absolute Gasteiger partial charge is 0.352 e. The predicted octanol–water partition coefficient (Wildman–Crippen LogP) is 3.55. The Kier molecular flexibility index (Phi) is 6.31. The number of hydrogen-bond donors (Lipinski definition) is 0. The Bertz CT molecular complexity index is 1090. The number of aromatic nitrogens is 2. The summed E-state index contributed by atoms with van der Waals surface area (Å²) in [5.74, 6) is 1.10.